The number of hydrogen-bond donors (Lipinski definition) is 0. The van der Waals surface area contributed by atoms with Gasteiger partial charge in [-0.05, 0) is 59.6 Å². The van der Waals surface area contributed by atoms with Gasteiger partial charge in [-0.15, -0.1) is 0 Å². The number of aromatic nitrogens is 1. The summed E-state index contributed by atoms with van der Waals surface area (Å²) in [4.78, 5) is 33.5. The van der Waals surface area contributed by atoms with Gasteiger partial charge in [-0.25, -0.2) is 9.79 Å². The van der Waals surface area contributed by atoms with Crippen LogP contribution in [0.4, 0.5) is 5.69 Å². The average molecular weight is 516 g/mol. The molecule has 0 fully saturated rings. The molecule has 1 atom stereocenters. The molecule has 3 aromatic rings. The van der Waals surface area contributed by atoms with Crippen molar-refractivity contribution in [1.82, 2.24) is 4.57 Å². The number of fused-ring (bicyclic) bond motifs is 1. The summed E-state index contributed by atoms with van der Waals surface area (Å²) in [6.45, 7) is 3.76. The van der Waals surface area contributed by atoms with Gasteiger partial charge in [-0.2, -0.15) is 0 Å². The molecule has 0 spiro atoms. The maximum absolute atomic E-state index is 13.5. The van der Waals surface area contributed by atoms with Gasteiger partial charge in [0.15, 0.2) is 9.47 Å². The fraction of sp³-hybridized carbons (Fsp3) is 0.261. The predicted octanol–water partition coefficient (Wildman–Crippen LogP) is 3.22. The summed E-state index contributed by atoms with van der Waals surface area (Å²) >= 11 is 4.54. The molecule has 0 unspecified atom stereocenters. The monoisotopic (exact) mass is 515 g/mol. The van der Waals surface area contributed by atoms with Gasteiger partial charge in [-0.3, -0.25) is 9.36 Å². The summed E-state index contributed by atoms with van der Waals surface area (Å²) < 4.78 is 13.5. The van der Waals surface area contributed by atoms with E-state index in [4.69, 9.17) is 9.15 Å². The predicted molar refractivity (Wildman–Crippen MR) is 128 cm³/mol. The highest BCUT2D eigenvalue weighted by atomic mass is 79.9. The second-order valence-electron chi connectivity index (χ2n) is 7.43. The molecule has 1 aromatic carbocycles. The fourth-order valence-corrected chi connectivity index (χ4v) is 4.94. The van der Waals surface area contributed by atoms with Crippen LogP contribution in [-0.2, 0) is 9.53 Å². The summed E-state index contributed by atoms with van der Waals surface area (Å²) in [7, 11) is 3.92. The summed E-state index contributed by atoms with van der Waals surface area (Å²) in [5.74, 6) is 0.0787. The Morgan fingerprint density at radius 2 is 2.00 bits per heavy atom. The summed E-state index contributed by atoms with van der Waals surface area (Å²) in [6, 6.07) is 10.7. The zero-order valence-electron chi connectivity index (χ0n) is 18.1. The third-order valence-corrected chi connectivity index (χ3v) is 6.52. The van der Waals surface area contributed by atoms with Crippen LogP contribution in [0.25, 0.3) is 6.08 Å². The van der Waals surface area contributed by atoms with Crippen molar-refractivity contribution in [1.29, 1.82) is 0 Å². The van der Waals surface area contributed by atoms with Crippen molar-refractivity contribution < 1.29 is 13.9 Å². The van der Waals surface area contributed by atoms with E-state index in [1.807, 2.05) is 43.3 Å². The SMILES string of the molecule is CCOC(=O)C1=C(C)N=c2s/c(=C/c3ccc(Br)o3)c(=O)n2[C@@H]1c1ccc(N(C)C)cc1. The minimum absolute atomic E-state index is 0.236. The van der Waals surface area contributed by atoms with Crippen LogP contribution in [0, 0.1) is 0 Å². The van der Waals surface area contributed by atoms with Crippen LogP contribution in [0.15, 0.2) is 66.5 Å². The molecular formula is C23H22BrN3O4S. The van der Waals surface area contributed by atoms with Crippen molar-refractivity contribution in [2.45, 2.75) is 19.9 Å². The molecule has 2 aromatic heterocycles. The summed E-state index contributed by atoms with van der Waals surface area (Å²) in [5, 5.41) is 0. The Bertz CT molecular complexity index is 1380. The first-order chi connectivity index (χ1) is 15.3. The highest BCUT2D eigenvalue weighted by Crippen LogP contribution is 2.31. The van der Waals surface area contributed by atoms with Crippen molar-refractivity contribution in [2.75, 3.05) is 25.6 Å². The molecular weight excluding hydrogens is 494 g/mol. The Morgan fingerprint density at radius 3 is 2.59 bits per heavy atom. The lowest BCUT2D eigenvalue weighted by Crippen LogP contribution is -2.39. The molecule has 9 heteroatoms. The van der Waals surface area contributed by atoms with E-state index in [-0.39, 0.29) is 12.2 Å². The van der Waals surface area contributed by atoms with Crippen LogP contribution in [0.3, 0.4) is 0 Å². The van der Waals surface area contributed by atoms with E-state index in [0.717, 1.165) is 11.3 Å². The second-order valence-corrected chi connectivity index (χ2v) is 9.22. The van der Waals surface area contributed by atoms with E-state index in [1.165, 1.54) is 11.3 Å². The normalized spacial score (nSPS) is 16.0. The van der Waals surface area contributed by atoms with Crippen molar-refractivity contribution in [3.63, 3.8) is 0 Å². The smallest absolute Gasteiger partial charge is 0.338 e. The Balaban J connectivity index is 1.93. The number of hydrogen-bond acceptors (Lipinski definition) is 7. The molecule has 0 bridgehead atoms. The number of esters is 1. The quantitative estimate of drug-likeness (QED) is 0.487. The Hall–Kier alpha value is -2.91. The maximum Gasteiger partial charge on any atom is 0.338 e. The number of benzene rings is 1. The lowest BCUT2D eigenvalue weighted by molar-refractivity contribution is -0.139. The highest BCUT2D eigenvalue weighted by Gasteiger charge is 2.33. The van der Waals surface area contributed by atoms with Crippen molar-refractivity contribution >= 4 is 45.0 Å². The standard InChI is InChI=1S/C23H22BrN3O4S/c1-5-30-22(29)19-13(2)25-23-27(20(19)14-6-8-15(9-7-14)26(3)4)21(28)17(32-23)12-16-10-11-18(24)31-16/h6-12,20H,5H2,1-4H3/b17-12+/t20-/m1/s1. The van der Waals surface area contributed by atoms with Gasteiger partial charge >= 0.3 is 5.97 Å². The maximum atomic E-state index is 13.5. The highest BCUT2D eigenvalue weighted by molar-refractivity contribution is 9.10. The first kappa shape index (κ1) is 22.3. The number of carbonyl (C=O) groups is 1. The van der Waals surface area contributed by atoms with Crippen molar-refractivity contribution in [3.05, 3.63) is 83.3 Å². The number of nitrogens with zero attached hydrogens (tertiary/aromatic N) is 3. The lowest BCUT2D eigenvalue weighted by Gasteiger charge is -2.25. The molecule has 32 heavy (non-hydrogen) atoms. The van der Waals surface area contributed by atoms with Crippen molar-refractivity contribution in [3.8, 4) is 0 Å². The molecule has 0 saturated carbocycles. The third-order valence-electron chi connectivity index (χ3n) is 5.11. The van der Waals surface area contributed by atoms with Crippen LogP contribution in [0.5, 0.6) is 0 Å². The van der Waals surface area contributed by atoms with Crippen LogP contribution < -0.4 is 19.8 Å². The second kappa shape index (κ2) is 8.91. The molecule has 7 nitrogen and oxygen atoms in total. The number of allylic oxidation sites excluding steroid dienone is 1. The number of halogens is 1. The van der Waals surface area contributed by atoms with Crippen LogP contribution >= 0.6 is 27.3 Å². The zero-order chi connectivity index (χ0) is 23.0. The molecule has 1 aliphatic rings. The van der Waals surface area contributed by atoms with Gasteiger partial charge < -0.3 is 14.1 Å². The van der Waals surface area contributed by atoms with E-state index < -0.39 is 12.0 Å². The molecule has 0 radical (unpaired) electrons. The van der Waals surface area contributed by atoms with E-state index in [2.05, 4.69) is 20.9 Å². The Kier molecular flexibility index (Phi) is 6.21. The third kappa shape index (κ3) is 4.10. The minimum Gasteiger partial charge on any atom is -0.463 e. The van der Waals surface area contributed by atoms with Crippen molar-refractivity contribution in [2.24, 2.45) is 4.99 Å². The van der Waals surface area contributed by atoms with Gasteiger partial charge in [0.05, 0.1) is 28.5 Å². The zero-order valence-corrected chi connectivity index (χ0v) is 20.5. The summed E-state index contributed by atoms with van der Waals surface area (Å²) in [6.07, 6.45) is 1.68. The molecule has 3 heterocycles. The van der Waals surface area contributed by atoms with Gasteiger partial charge in [0.1, 0.15) is 5.76 Å². The molecule has 0 N–H and O–H groups in total. The van der Waals surface area contributed by atoms with Gasteiger partial charge in [0, 0.05) is 25.9 Å². The minimum atomic E-state index is -0.632. The van der Waals surface area contributed by atoms with Crippen LogP contribution in [-0.4, -0.2) is 31.2 Å². The average Bonchev–Trinajstić information content (AvgIpc) is 3.30. The van der Waals surface area contributed by atoms with Gasteiger partial charge in [-0.1, -0.05) is 23.5 Å². The van der Waals surface area contributed by atoms with Crippen LogP contribution in [0.2, 0.25) is 0 Å². The number of furan rings is 1. The van der Waals surface area contributed by atoms with E-state index >= 15 is 0 Å². The van der Waals surface area contributed by atoms with E-state index in [9.17, 15) is 9.59 Å². The molecule has 4 rings (SSSR count). The molecule has 0 saturated heterocycles. The van der Waals surface area contributed by atoms with E-state index in [1.54, 1.807) is 36.6 Å². The molecule has 1 aliphatic heterocycles. The Labute approximate surface area is 197 Å². The lowest BCUT2D eigenvalue weighted by atomic mass is 9.95. The number of thiazole rings is 1. The van der Waals surface area contributed by atoms with E-state index in [0.29, 0.717) is 31.0 Å². The fourth-order valence-electron chi connectivity index (χ4n) is 3.60. The topological polar surface area (TPSA) is 77.0 Å². The van der Waals surface area contributed by atoms with Gasteiger partial charge in [0.2, 0.25) is 0 Å². The number of ether oxygens (including phenoxy) is 1. The summed E-state index contributed by atoms with van der Waals surface area (Å²) in [5.41, 5.74) is 2.49. The first-order valence-electron chi connectivity index (χ1n) is 10.0. The van der Waals surface area contributed by atoms with Gasteiger partial charge in [0.25, 0.3) is 5.56 Å². The largest absolute Gasteiger partial charge is 0.463 e. The molecule has 0 amide bonds. The first-order valence-corrected chi connectivity index (χ1v) is 11.6. The molecule has 0 aliphatic carbocycles. The number of carbonyl (C=O) groups excluding carboxylic acids is 1. The molecule has 166 valence electrons. The Morgan fingerprint density at radius 1 is 1.28 bits per heavy atom. The number of anilines is 1. The number of rotatable bonds is 5. The van der Waals surface area contributed by atoms with Crippen LogP contribution in [0.1, 0.15) is 31.2 Å².